The predicted molar refractivity (Wildman–Crippen MR) is 91.4 cm³/mol. The van der Waals surface area contributed by atoms with E-state index in [9.17, 15) is 17.9 Å². The van der Waals surface area contributed by atoms with Gasteiger partial charge in [0.2, 0.25) is 0 Å². The van der Waals surface area contributed by atoms with Crippen LogP contribution in [0.15, 0.2) is 59.8 Å². The molecule has 0 aliphatic heterocycles. The molecule has 0 saturated heterocycles. The Labute approximate surface area is 148 Å². The van der Waals surface area contributed by atoms with E-state index in [-0.39, 0.29) is 16.5 Å². The highest BCUT2D eigenvalue weighted by atomic mass is 35.5. The Morgan fingerprint density at radius 2 is 1.80 bits per heavy atom. The molecule has 6 nitrogen and oxygen atoms in total. The lowest BCUT2D eigenvalue weighted by molar-refractivity contribution is 0.475. The largest absolute Gasteiger partial charge is 0.508 e. The van der Waals surface area contributed by atoms with E-state index in [1.165, 1.54) is 30.6 Å². The van der Waals surface area contributed by atoms with Crippen molar-refractivity contribution in [1.82, 2.24) is 9.97 Å². The van der Waals surface area contributed by atoms with Crippen LogP contribution in [0.5, 0.6) is 5.75 Å². The fraction of sp³-hybridized carbons (Fsp3) is 0. The van der Waals surface area contributed by atoms with Gasteiger partial charge in [-0.2, -0.15) is 0 Å². The molecule has 2 N–H and O–H groups in total. The molecule has 0 fully saturated rings. The van der Waals surface area contributed by atoms with Crippen molar-refractivity contribution in [2.45, 2.75) is 4.90 Å². The summed E-state index contributed by atoms with van der Waals surface area (Å²) < 4.78 is 40.5. The highest BCUT2D eigenvalue weighted by Gasteiger charge is 2.19. The quantitative estimate of drug-likeness (QED) is 0.724. The number of anilines is 1. The van der Waals surface area contributed by atoms with Gasteiger partial charge in [0, 0.05) is 10.6 Å². The highest BCUT2D eigenvalue weighted by Crippen LogP contribution is 2.23. The maximum absolute atomic E-state index is 13.8. The first kappa shape index (κ1) is 17.1. The third-order valence-corrected chi connectivity index (χ3v) is 4.84. The van der Waals surface area contributed by atoms with Gasteiger partial charge in [0.1, 0.15) is 16.5 Å². The normalized spacial score (nSPS) is 11.3. The molecular formula is C16H11ClFN3O3S. The average Bonchev–Trinajstić information content (AvgIpc) is 2.54. The fourth-order valence-electron chi connectivity index (χ4n) is 2.08. The lowest BCUT2D eigenvalue weighted by atomic mass is 10.2. The van der Waals surface area contributed by atoms with Gasteiger partial charge in [0.05, 0.1) is 18.1 Å². The maximum Gasteiger partial charge on any atom is 0.264 e. The van der Waals surface area contributed by atoms with Gasteiger partial charge >= 0.3 is 0 Å². The van der Waals surface area contributed by atoms with Gasteiger partial charge in [-0.3, -0.25) is 4.72 Å². The molecule has 25 heavy (non-hydrogen) atoms. The van der Waals surface area contributed by atoms with Crippen LogP contribution in [-0.2, 0) is 10.0 Å². The smallest absolute Gasteiger partial charge is 0.264 e. The van der Waals surface area contributed by atoms with E-state index in [4.69, 9.17) is 11.6 Å². The van der Waals surface area contributed by atoms with Crippen molar-refractivity contribution in [3.63, 3.8) is 0 Å². The molecule has 3 aromatic rings. The zero-order valence-electron chi connectivity index (χ0n) is 12.5. The van der Waals surface area contributed by atoms with E-state index in [0.29, 0.717) is 11.4 Å². The lowest BCUT2D eigenvalue weighted by Gasteiger charge is -2.09. The number of phenolic OH excluding ortho intramolecular Hbond substituents is 1. The van der Waals surface area contributed by atoms with Gasteiger partial charge in [0.25, 0.3) is 10.0 Å². The summed E-state index contributed by atoms with van der Waals surface area (Å²) in [4.78, 5) is 7.55. The topological polar surface area (TPSA) is 92.2 Å². The molecule has 0 amide bonds. The SMILES string of the molecule is O=S(=O)(Nc1cnc(-c2cccc(O)c2)nc1)c1ccc(Cl)cc1F. The van der Waals surface area contributed by atoms with Gasteiger partial charge in [-0.1, -0.05) is 23.7 Å². The van der Waals surface area contributed by atoms with E-state index >= 15 is 0 Å². The molecule has 0 spiro atoms. The van der Waals surface area contributed by atoms with Crippen molar-refractivity contribution in [1.29, 1.82) is 0 Å². The number of aromatic hydroxyl groups is 1. The van der Waals surface area contributed by atoms with Crippen LogP contribution >= 0.6 is 11.6 Å². The summed E-state index contributed by atoms with van der Waals surface area (Å²) in [6, 6.07) is 9.57. The second kappa shape index (κ2) is 6.66. The molecule has 0 radical (unpaired) electrons. The number of rotatable bonds is 4. The summed E-state index contributed by atoms with van der Waals surface area (Å²) in [6.07, 6.45) is 2.50. The van der Waals surface area contributed by atoms with E-state index in [1.54, 1.807) is 12.1 Å². The minimum atomic E-state index is -4.15. The van der Waals surface area contributed by atoms with Crippen molar-refractivity contribution in [3.8, 4) is 17.1 Å². The predicted octanol–water partition coefficient (Wildman–Crippen LogP) is 3.44. The number of nitrogens with one attached hydrogen (secondary N) is 1. The molecule has 0 aliphatic rings. The summed E-state index contributed by atoms with van der Waals surface area (Å²) >= 11 is 5.62. The summed E-state index contributed by atoms with van der Waals surface area (Å²) in [6.45, 7) is 0. The first-order chi connectivity index (χ1) is 11.8. The highest BCUT2D eigenvalue weighted by molar-refractivity contribution is 7.92. The summed E-state index contributed by atoms with van der Waals surface area (Å²) in [7, 11) is -4.15. The number of benzene rings is 2. The first-order valence-electron chi connectivity index (χ1n) is 6.94. The second-order valence-corrected chi connectivity index (χ2v) is 7.11. The molecular weight excluding hydrogens is 369 g/mol. The Morgan fingerprint density at radius 1 is 1.08 bits per heavy atom. The van der Waals surface area contributed by atoms with Gasteiger partial charge < -0.3 is 5.11 Å². The number of hydrogen-bond acceptors (Lipinski definition) is 5. The molecule has 0 saturated carbocycles. The third kappa shape index (κ3) is 3.86. The third-order valence-electron chi connectivity index (χ3n) is 3.19. The second-order valence-electron chi connectivity index (χ2n) is 5.03. The molecule has 1 heterocycles. The standard InChI is InChI=1S/C16H11ClFN3O3S/c17-11-4-5-15(14(18)7-11)25(23,24)21-12-8-19-16(20-9-12)10-2-1-3-13(22)6-10/h1-9,21-22H. The van der Waals surface area contributed by atoms with Gasteiger partial charge in [-0.05, 0) is 30.3 Å². The summed E-state index contributed by atoms with van der Waals surface area (Å²) in [5.74, 6) is -0.599. The fourth-order valence-corrected chi connectivity index (χ4v) is 3.33. The Balaban J connectivity index is 1.85. The maximum atomic E-state index is 13.8. The molecule has 3 rings (SSSR count). The van der Waals surface area contributed by atoms with Crippen molar-refractivity contribution >= 4 is 27.3 Å². The minimum absolute atomic E-state index is 0.0593. The molecule has 0 aliphatic carbocycles. The van der Waals surface area contributed by atoms with Crippen molar-refractivity contribution < 1.29 is 17.9 Å². The monoisotopic (exact) mass is 379 g/mol. The lowest BCUT2D eigenvalue weighted by Crippen LogP contribution is -2.15. The Morgan fingerprint density at radius 3 is 2.44 bits per heavy atom. The Kier molecular flexibility index (Phi) is 4.56. The number of halogens is 2. The van der Waals surface area contributed by atoms with Gasteiger partial charge in [-0.25, -0.2) is 22.8 Å². The van der Waals surface area contributed by atoms with Crippen LogP contribution in [0, 0.1) is 5.82 Å². The molecule has 2 aromatic carbocycles. The molecule has 9 heteroatoms. The molecule has 0 atom stereocenters. The van der Waals surface area contributed by atoms with Crippen LogP contribution in [0.25, 0.3) is 11.4 Å². The Bertz CT molecular complexity index is 1030. The number of sulfonamides is 1. The van der Waals surface area contributed by atoms with Crippen molar-refractivity contribution in [2.24, 2.45) is 0 Å². The van der Waals surface area contributed by atoms with Crippen LogP contribution in [0.3, 0.4) is 0 Å². The molecule has 0 bridgehead atoms. The van der Waals surface area contributed by atoms with E-state index < -0.39 is 20.7 Å². The summed E-state index contributed by atoms with van der Waals surface area (Å²) in [5.41, 5.74) is 0.636. The zero-order chi connectivity index (χ0) is 18.0. The average molecular weight is 380 g/mol. The van der Waals surface area contributed by atoms with Crippen LogP contribution in [-0.4, -0.2) is 23.5 Å². The van der Waals surface area contributed by atoms with Crippen molar-refractivity contribution in [3.05, 3.63) is 65.7 Å². The summed E-state index contributed by atoms with van der Waals surface area (Å²) in [5, 5.41) is 9.55. The first-order valence-corrected chi connectivity index (χ1v) is 8.80. The van der Waals surface area contributed by atoms with Gasteiger partial charge in [-0.15, -0.1) is 0 Å². The zero-order valence-corrected chi connectivity index (χ0v) is 14.1. The Hall–Kier alpha value is -2.71. The van der Waals surface area contributed by atoms with E-state index in [1.807, 2.05) is 0 Å². The number of hydrogen-bond donors (Lipinski definition) is 2. The van der Waals surface area contributed by atoms with E-state index in [0.717, 1.165) is 12.1 Å². The van der Waals surface area contributed by atoms with Gasteiger partial charge in [0.15, 0.2) is 5.82 Å². The van der Waals surface area contributed by atoms with Crippen molar-refractivity contribution in [2.75, 3.05) is 4.72 Å². The van der Waals surface area contributed by atoms with Crippen LogP contribution < -0.4 is 4.72 Å². The molecule has 128 valence electrons. The minimum Gasteiger partial charge on any atom is -0.508 e. The molecule has 1 aromatic heterocycles. The van der Waals surface area contributed by atoms with Crippen LogP contribution in [0.1, 0.15) is 0 Å². The number of phenols is 1. The number of nitrogens with zero attached hydrogens (tertiary/aromatic N) is 2. The number of aromatic nitrogens is 2. The van der Waals surface area contributed by atoms with Crippen LogP contribution in [0.2, 0.25) is 5.02 Å². The van der Waals surface area contributed by atoms with Crippen LogP contribution in [0.4, 0.5) is 10.1 Å². The molecule has 0 unspecified atom stereocenters. The van der Waals surface area contributed by atoms with E-state index in [2.05, 4.69) is 14.7 Å².